The van der Waals surface area contributed by atoms with Crippen LogP contribution in [0.15, 0.2) is 36.4 Å². The maximum atomic E-state index is 12.5. The van der Waals surface area contributed by atoms with Gasteiger partial charge in [0.05, 0.1) is 10.6 Å². The number of thiophene rings is 1. The number of amides is 1. The zero-order valence-corrected chi connectivity index (χ0v) is 16.6. The van der Waals surface area contributed by atoms with E-state index in [4.69, 9.17) is 0 Å². The van der Waals surface area contributed by atoms with Gasteiger partial charge in [-0.2, -0.15) is 0 Å². The van der Waals surface area contributed by atoms with E-state index in [0.717, 1.165) is 21.0 Å². The van der Waals surface area contributed by atoms with Crippen molar-refractivity contribution < 1.29 is 9.00 Å². The molecule has 0 aliphatic heterocycles. The lowest BCUT2D eigenvalue weighted by Gasteiger charge is -2.04. The number of rotatable bonds is 5. The van der Waals surface area contributed by atoms with Gasteiger partial charge in [-0.3, -0.25) is 14.3 Å². The highest BCUT2D eigenvalue weighted by Crippen LogP contribution is 2.34. The van der Waals surface area contributed by atoms with Gasteiger partial charge in [-0.25, -0.2) is 4.98 Å². The van der Waals surface area contributed by atoms with Crippen LogP contribution in [-0.2, 0) is 16.6 Å². The van der Waals surface area contributed by atoms with Gasteiger partial charge in [0.15, 0.2) is 5.13 Å². The number of carbonyl (C=O) groups is 1. The third kappa shape index (κ3) is 4.42. The minimum absolute atomic E-state index is 0.202. The van der Waals surface area contributed by atoms with E-state index in [2.05, 4.69) is 29.4 Å². The van der Waals surface area contributed by atoms with E-state index in [-0.39, 0.29) is 5.91 Å². The fourth-order valence-electron chi connectivity index (χ4n) is 2.45. The molecule has 0 aliphatic rings. The van der Waals surface area contributed by atoms with Gasteiger partial charge in [-0.15, -0.1) is 22.7 Å². The molecule has 1 N–H and O–H groups in total. The average Bonchev–Trinajstić information content (AvgIpc) is 3.12. The van der Waals surface area contributed by atoms with Crippen LogP contribution in [0.5, 0.6) is 0 Å². The Bertz CT molecular complexity index is 943. The van der Waals surface area contributed by atoms with Crippen LogP contribution in [0, 0.1) is 13.8 Å². The molecule has 1 amide bonds. The molecule has 0 saturated heterocycles. The summed E-state index contributed by atoms with van der Waals surface area (Å²) >= 11 is 3.17. The summed E-state index contributed by atoms with van der Waals surface area (Å²) in [5.74, 6) is 0.241. The van der Waals surface area contributed by atoms with Gasteiger partial charge < -0.3 is 0 Å². The lowest BCUT2D eigenvalue weighted by molar-refractivity contribution is 0.102. The van der Waals surface area contributed by atoms with Crippen LogP contribution >= 0.6 is 22.7 Å². The Kier molecular flexibility index (Phi) is 5.46. The number of carbonyl (C=O) groups excluding carboxylic acids is 1. The van der Waals surface area contributed by atoms with Crippen molar-refractivity contribution >= 4 is 44.5 Å². The van der Waals surface area contributed by atoms with Crippen LogP contribution in [0.1, 0.15) is 25.7 Å². The van der Waals surface area contributed by atoms with Crippen molar-refractivity contribution in [2.75, 3.05) is 11.6 Å². The maximum absolute atomic E-state index is 12.5. The predicted molar refractivity (Wildman–Crippen MR) is 107 cm³/mol. The van der Waals surface area contributed by atoms with E-state index in [1.165, 1.54) is 16.2 Å². The molecule has 25 heavy (non-hydrogen) atoms. The number of anilines is 1. The average molecular weight is 391 g/mol. The van der Waals surface area contributed by atoms with E-state index in [9.17, 15) is 9.00 Å². The fourth-order valence-corrected chi connectivity index (χ4v) is 4.90. The van der Waals surface area contributed by atoms with Crippen molar-refractivity contribution in [1.82, 2.24) is 4.98 Å². The molecule has 0 radical (unpaired) electrons. The molecule has 0 fully saturated rings. The van der Waals surface area contributed by atoms with E-state index in [0.29, 0.717) is 16.4 Å². The minimum atomic E-state index is -0.936. The second kappa shape index (κ2) is 7.59. The standard InChI is InChI=1S/C18H18N2O2S3/c1-11-7-8-15(23-11)16-12(2)24-18(19-16)20-17(21)14-6-4-5-13(9-14)10-25(3)22/h4-9H,10H2,1-3H3,(H,19,20,21)/t25-/m1/s1. The summed E-state index contributed by atoms with van der Waals surface area (Å²) in [4.78, 5) is 20.5. The van der Waals surface area contributed by atoms with Crippen molar-refractivity contribution in [3.8, 4) is 10.6 Å². The number of benzene rings is 1. The molecular formula is C18H18N2O2S3. The minimum Gasteiger partial charge on any atom is -0.298 e. The number of hydrogen-bond donors (Lipinski definition) is 1. The Labute approximate surface area is 157 Å². The first-order chi connectivity index (χ1) is 11.9. The Balaban J connectivity index is 1.78. The molecule has 4 nitrogen and oxygen atoms in total. The van der Waals surface area contributed by atoms with Crippen LogP contribution in [-0.4, -0.2) is 21.4 Å². The summed E-state index contributed by atoms with van der Waals surface area (Å²) < 4.78 is 11.4. The smallest absolute Gasteiger partial charge is 0.257 e. The number of hydrogen-bond acceptors (Lipinski definition) is 5. The van der Waals surface area contributed by atoms with Gasteiger partial charge in [0.25, 0.3) is 5.91 Å². The van der Waals surface area contributed by atoms with Crippen molar-refractivity contribution in [2.45, 2.75) is 19.6 Å². The second-order valence-corrected chi connectivity index (χ2v) is 9.63. The summed E-state index contributed by atoms with van der Waals surface area (Å²) in [6.07, 6.45) is 1.65. The monoisotopic (exact) mass is 390 g/mol. The first-order valence-electron chi connectivity index (χ1n) is 7.67. The van der Waals surface area contributed by atoms with Crippen LogP contribution in [0.2, 0.25) is 0 Å². The molecule has 1 aromatic carbocycles. The van der Waals surface area contributed by atoms with Gasteiger partial charge in [-0.05, 0) is 43.7 Å². The topological polar surface area (TPSA) is 59.1 Å². The van der Waals surface area contributed by atoms with Crippen LogP contribution in [0.3, 0.4) is 0 Å². The second-order valence-electron chi connectivity index (χ2n) is 5.71. The molecule has 0 spiro atoms. The van der Waals surface area contributed by atoms with Crippen molar-refractivity contribution in [2.24, 2.45) is 0 Å². The molecule has 3 aromatic rings. The molecule has 0 unspecified atom stereocenters. The molecule has 2 aromatic heterocycles. The zero-order valence-electron chi connectivity index (χ0n) is 14.2. The molecule has 7 heteroatoms. The van der Waals surface area contributed by atoms with E-state index >= 15 is 0 Å². The number of nitrogens with one attached hydrogen (secondary N) is 1. The quantitative estimate of drug-likeness (QED) is 0.691. The lowest BCUT2D eigenvalue weighted by Crippen LogP contribution is -2.12. The van der Waals surface area contributed by atoms with E-state index in [1.54, 1.807) is 29.7 Å². The van der Waals surface area contributed by atoms with Gasteiger partial charge in [0.2, 0.25) is 0 Å². The van der Waals surface area contributed by atoms with Gasteiger partial charge in [-0.1, -0.05) is 12.1 Å². The highest BCUT2D eigenvalue weighted by atomic mass is 32.2. The Morgan fingerprint density at radius 2 is 2.00 bits per heavy atom. The van der Waals surface area contributed by atoms with Crippen molar-refractivity contribution in [3.63, 3.8) is 0 Å². The summed E-state index contributed by atoms with van der Waals surface area (Å²) in [5.41, 5.74) is 2.36. The highest BCUT2D eigenvalue weighted by Gasteiger charge is 2.14. The van der Waals surface area contributed by atoms with E-state index < -0.39 is 10.8 Å². The lowest BCUT2D eigenvalue weighted by atomic mass is 10.1. The van der Waals surface area contributed by atoms with Gasteiger partial charge >= 0.3 is 0 Å². The first-order valence-corrected chi connectivity index (χ1v) is 11.0. The molecule has 2 heterocycles. The SMILES string of the molecule is Cc1ccc(-c2nc(NC(=O)c3cccc(C[S@@](C)=O)c3)sc2C)s1. The van der Waals surface area contributed by atoms with Gasteiger partial charge in [0.1, 0.15) is 0 Å². The zero-order chi connectivity index (χ0) is 18.0. The normalized spacial score (nSPS) is 12.1. The highest BCUT2D eigenvalue weighted by molar-refractivity contribution is 7.83. The molecule has 3 rings (SSSR count). The molecule has 0 aliphatic carbocycles. The number of nitrogens with zero attached hydrogens (tertiary/aromatic N) is 1. The summed E-state index contributed by atoms with van der Waals surface area (Å²) in [6, 6.07) is 11.3. The molecule has 130 valence electrons. The fraction of sp³-hybridized carbons (Fsp3) is 0.222. The Hall–Kier alpha value is -1.83. The maximum Gasteiger partial charge on any atom is 0.257 e. The van der Waals surface area contributed by atoms with Crippen LogP contribution < -0.4 is 5.32 Å². The first kappa shape index (κ1) is 18.0. The number of aryl methyl sites for hydroxylation is 2. The Morgan fingerprint density at radius 1 is 1.20 bits per heavy atom. The number of aromatic nitrogens is 1. The van der Waals surface area contributed by atoms with E-state index in [1.807, 2.05) is 19.1 Å². The third-order valence-corrected chi connectivity index (χ3v) is 6.18. The molecule has 0 bridgehead atoms. The number of thiazole rings is 1. The Morgan fingerprint density at radius 3 is 2.68 bits per heavy atom. The molecular weight excluding hydrogens is 372 g/mol. The van der Waals surface area contributed by atoms with Crippen LogP contribution in [0.4, 0.5) is 5.13 Å². The third-order valence-electron chi connectivity index (χ3n) is 3.55. The van der Waals surface area contributed by atoms with Crippen LogP contribution in [0.25, 0.3) is 10.6 Å². The van der Waals surface area contributed by atoms with Gasteiger partial charge in [0, 0.05) is 38.1 Å². The summed E-state index contributed by atoms with van der Waals surface area (Å²) in [5, 5.41) is 3.46. The summed E-state index contributed by atoms with van der Waals surface area (Å²) in [7, 11) is -0.936. The molecule has 1 atom stereocenters. The van der Waals surface area contributed by atoms with Crippen molar-refractivity contribution in [1.29, 1.82) is 0 Å². The summed E-state index contributed by atoms with van der Waals surface area (Å²) in [6.45, 7) is 4.07. The van der Waals surface area contributed by atoms with Crippen molar-refractivity contribution in [3.05, 3.63) is 57.3 Å². The largest absolute Gasteiger partial charge is 0.298 e. The predicted octanol–water partition coefficient (Wildman–Crippen LogP) is 4.62. The molecule has 0 saturated carbocycles.